The number of primary amides is 1. The van der Waals surface area contributed by atoms with Gasteiger partial charge in [-0.1, -0.05) is 0 Å². The number of anilines is 2. The lowest BCUT2D eigenvalue weighted by atomic mass is 10.1. The number of methoxy groups -OCH3 is 1. The highest BCUT2D eigenvalue weighted by atomic mass is 16.5. The lowest BCUT2D eigenvalue weighted by Gasteiger charge is -2.22. The molecule has 0 spiro atoms. The second-order valence-corrected chi connectivity index (χ2v) is 5.71. The molecule has 0 atom stereocenters. The molecule has 0 bridgehead atoms. The first-order chi connectivity index (χ1) is 12.1. The topological polar surface area (TPSA) is 110 Å². The van der Waals surface area contributed by atoms with Crippen molar-refractivity contribution in [2.24, 2.45) is 5.73 Å². The number of hydrogen-bond acceptors (Lipinski definition) is 6. The van der Waals surface area contributed by atoms with Crippen molar-refractivity contribution in [3.63, 3.8) is 0 Å². The van der Waals surface area contributed by atoms with Gasteiger partial charge >= 0.3 is 0 Å². The Morgan fingerprint density at radius 2 is 1.92 bits per heavy atom. The molecule has 1 aromatic carbocycles. The molecule has 1 fully saturated rings. The molecule has 0 aliphatic carbocycles. The van der Waals surface area contributed by atoms with Crippen LogP contribution in [0.5, 0.6) is 5.88 Å². The van der Waals surface area contributed by atoms with Gasteiger partial charge in [-0.15, -0.1) is 10.2 Å². The maximum atomic E-state index is 12.5. The van der Waals surface area contributed by atoms with Gasteiger partial charge in [-0.25, -0.2) is 0 Å². The quantitative estimate of drug-likeness (QED) is 0.851. The van der Waals surface area contributed by atoms with Crippen LogP contribution in [0.3, 0.4) is 0 Å². The molecule has 0 radical (unpaired) electrons. The fraction of sp³-hybridized carbons (Fsp3) is 0.294. The fourth-order valence-corrected chi connectivity index (χ4v) is 2.76. The molecule has 3 N–H and O–H groups in total. The van der Waals surface area contributed by atoms with Crippen LogP contribution in [0.2, 0.25) is 0 Å². The van der Waals surface area contributed by atoms with E-state index in [4.69, 9.17) is 10.5 Å². The Balaban J connectivity index is 1.88. The number of amides is 2. The predicted octanol–water partition coefficient (Wildman–Crippen LogP) is 1.44. The molecule has 8 heteroatoms. The van der Waals surface area contributed by atoms with Crippen molar-refractivity contribution in [3.05, 3.63) is 41.6 Å². The van der Waals surface area contributed by atoms with Crippen LogP contribution in [0.4, 0.5) is 11.4 Å². The number of carbonyl (C=O) groups is 2. The Morgan fingerprint density at radius 1 is 1.16 bits per heavy atom. The SMILES string of the molecule is COc1ccc(C(=O)Nc2cc(C(N)=O)ccc2N2CCCC2)nn1. The smallest absolute Gasteiger partial charge is 0.276 e. The van der Waals surface area contributed by atoms with E-state index in [-0.39, 0.29) is 5.69 Å². The zero-order valence-electron chi connectivity index (χ0n) is 13.9. The van der Waals surface area contributed by atoms with Crippen LogP contribution in [-0.2, 0) is 0 Å². The first kappa shape index (κ1) is 16.7. The fourth-order valence-electron chi connectivity index (χ4n) is 2.76. The van der Waals surface area contributed by atoms with Gasteiger partial charge in [0.25, 0.3) is 5.91 Å². The summed E-state index contributed by atoms with van der Waals surface area (Å²) in [7, 11) is 1.47. The molecule has 1 aromatic heterocycles. The van der Waals surface area contributed by atoms with E-state index in [1.54, 1.807) is 24.3 Å². The molecular formula is C17H19N5O3. The number of nitrogens with two attached hydrogens (primary N) is 1. The minimum Gasteiger partial charge on any atom is -0.480 e. The second-order valence-electron chi connectivity index (χ2n) is 5.71. The van der Waals surface area contributed by atoms with Gasteiger partial charge in [0.1, 0.15) is 0 Å². The van der Waals surface area contributed by atoms with Gasteiger partial charge in [-0.05, 0) is 37.1 Å². The van der Waals surface area contributed by atoms with Crippen molar-refractivity contribution in [2.45, 2.75) is 12.8 Å². The molecule has 1 aliphatic rings. The highest BCUT2D eigenvalue weighted by Crippen LogP contribution is 2.30. The third-order valence-electron chi connectivity index (χ3n) is 4.06. The molecule has 2 aromatic rings. The Labute approximate surface area is 145 Å². The maximum Gasteiger partial charge on any atom is 0.276 e. The standard InChI is InChI=1S/C17H19N5O3/c1-25-15-7-5-12(20-21-15)17(24)19-13-10-11(16(18)23)4-6-14(13)22-8-2-3-9-22/h4-7,10H,2-3,8-9H2,1H3,(H2,18,23)(H,19,24). The molecule has 8 nitrogen and oxygen atoms in total. The summed E-state index contributed by atoms with van der Waals surface area (Å²) in [6.07, 6.45) is 2.18. The van der Waals surface area contributed by atoms with Crippen LogP contribution in [-0.4, -0.2) is 42.2 Å². The maximum absolute atomic E-state index is 12.5. The van der Waals surface area contributed by atoms with Crippen molar-refractivity contribution in [2.75, 3.05) is 30.4 Å². The molecule has 2 heterocycles. The van der Waals surface area contributed by atoms with Crippen LogP contribution in [0.25, 0.3) is 0 Å². The average Bonchev–Trinajstić information content (AvgIpc) is 3.16. The first-order valence-corrected chi connectivity index (χ1v) is 7.96. The summed E-state index contributed by atoms with van der Waals surface area (Å²) in [6.45, 7) is 1.81. The van der Waals surface area contributed by atoms with E-state index in [1.807, 2.05) is 0 Å². The zero-order valence-corrected chi connectivity index (χ0v) is 13.9. The molecule has 2 amide bonds. The van der Waals surface area contributed by atoms with E-state index in [2.05, 4.69) is 20.4 Å². The molecule has 130 valence electrons. The Bertz CT molecular complexity index is 785. The van der Waals surface area contributed by atoms with Gasteiger partial charge in [-0.2, -0.15) is 0 Å². The molecular weight excluding hydrogens is 322 g/mol. The van der Waals surface area contributed by atoms with Gasteiger partial charge < -0.3 is 20.7 Å². The number of hydrogen-bond donors (Lipinski definition) is 2. The highest BCUT2D eigenvalue weighted by molar-refractivity contribution is 6.06. The van der Waals surface area contributed by atoms with Gasteiger partial charge in [0.2, 0.25) is 11.8 Å². The van der Waals surface area contributed by atoms with Gasteiger partial charge in [0.15, 0.2) is 5.69 Å². The van der Waals surface area contributed by atoms with Crippen LogP contribution < -0.4 is 20.7 Å². The molecule has 0 saturated carbocycles. The summed E-state index contributed by atoms with van der Waals surface area (Å²) in [5.41, 5.74) is 7.23. The zero-order chi connectivity index (χ0) is 17.8. The minimum atomic E-state index is -0.548. The molecule has 25 heavy (non-hydrogen) atoms. The van der Waals surface area contributed by atoms with Crippen molar-refractivity contribution >= 4 is 23.2 Å². The highest BCUT2D eigenvalue weighted by Gasteiger charge is 2.19. The number of ether oxygens (including phenoxy) is 1. The lowest BCUT2D eigenvalue weighted by Crippen LogP contribution is -2.22. The summed E-state index contributed by atoms with van der Waals surface area (Å²) in [4.78, 5) is 26.1. The second kappa shape index (κ2) is 7.16. The number of aromatic nitrogens is 2. The third kappa shape index (κ3) is 3.68. The monoisotopic (exact) mass is 341 g/mol. The molecule has 1 saturated heterocycles. The summed E-state index contributed by atoms with van der Waals surface area (Å²) < 4.78 is 4.93. The van der Waals surface area contributed by atoms with Crippen LogP contribution >= 0.6 is 0 Å². The summed E-state index contributed by atoms with van der Waals surface area (Å²) >= 11 is 0. The summed E-state index contributed by atoms with van der Waals surface area (Å²) in [5, 5.41) is 10.4. The molecule has 0 unspecified atom stereocenters. The normalized spacial score (nSPS) is 13.6. The largest absolute Gasteiger partial charge is 0.480 e. The number of carbonyl (C=O) groups excluding carboxylic acids is 2. The van der Waals surface area contributed by atoms with Crippen molar-refractivity contribution in [3.8, 4) is 5.88 Å². The van der Waals surface area contributed by atoms with Crippen molar-refractivity contribution in [1.82, 2.24) is 10.2 Å². The first-order valence-electron chi connectivity index (χ1n) is 7.96. The van der Waals surface area contributed by atoms with Gasteiger partial charge in [-0.3, -0.25) is 9.59 Å². The lowest BCUT2D eigenvalue weighted by molar-refractivity contribution is 0.0995. The van der Waals surface area contributed by atoms with E-state index in [0.717, 1.165) is 31.6 Å². The Hall–Kier alpha value is -3.16. The van der Waals surface area contributed by atoms with E-state index < -0.39 is 11.8 Å². The Morgan fingerprint density at radius 3 is 2.52 bits per heavy atom. The van der Waals surface area contributed by atoms with Crippen molar-refractivity contribution in [1.29, 1.82) is 0 Å². The summed E-state index contributed by atoms with van der Waals surface area (Å²) in [6, 6.07) is 8.14. The predicted molar refractivity (Wildman–Crippen MR) is 92.9 cm³/mol. The van der Waals surface area contributed by atoms with E-state index in [1.165, 1.54) is 13.2 Å². The van der Waals surface area contributed by atoms with Gasteiger partial charge in [0.05, 0.1) is 18.5 Å². The summed E-state index contributed by atoms with van der Waals surface area (Å²) in [5.74, 6) is -0.644. The van der Waals surface area contributed by atoms with E-state index >= 15 is 0 Å². The van der Waals surface area contributed by atoms with Crippen molar-refractivity contribution < 1.29 is 14.3 Å². The minimum absolute atomic E-state index is 0.151. The van der Waals surface area contributed by atoms with E-state index in [9.17, 15) is 9.59 Å². The number of nitrogens with one attached hydrogen (secondary N) is 1. The third-order valence-corrected chi connectivity index (χ3v) is 4.06. The van der Waals surface area contributed by atoms with Gasteiger partial charge in [0, 0.05) is 24.7 Å². The molecule has 1 aliphatic heterocycles. The number of rotatable bonds is 5. The van der Waals surface area contributed by atoms with Crippen LogP contribution in [0.1, 0.15) is 33.7 Å². The number of benzene rings is 1. The van der Waals surface area contributed by atoms with E-state index in [0.29, 0.717) is 17.1 Å². The van der Waals surface area contributed by atoms with Crippen LogP contribution in [0.15, 0.2) is 30.3 Å². The van der Waals surface area contributed by atoms with Crippen LogP contribution in [0, 0.1) is 0 Å². The Kier molecular flexibility index (Phi) is 4.78. The average molecular weight is 341 g/mol. The molecule has 3 rings (SSSR count). The number of nitrogens with zero attached hydrogens (tertiary/aromatic N) is 3.